The quantitative estimate of drug-likeness (QED) is 0.228. The molecule has 0 heterocycles. The van der Waals surface area contributed by atoms with Crippen LogP contribution in [0.4, 0.5) is 0 Å². The zero-order valence-corrected chi connectivity index (χ0v) is 16.8. The largest absolute Gasteiger partial charge is 0.497 e. The number of hydrogen-bond donors (Lipinski definition) is 3. The Morgan fingerprint density at radius 1 is 1.12 bits per heavy atom. The number of carbonyl (C=O) groups excluding carboxylic acids is 1. The molecule has 0 aliphatic carbocycles. The van der Waals surface area contributed by atoms with Crippen molar-refractivity contribution in [1.82, 2.24) is 16.0 Å². The van der Waals surface area contributed by atoms with Crippen LogP contribution in [-0.2, 0) is 16.1 Å². The van der Waals surface area contributed by atoms with Crippen molar-refractivity contribution in [2.24, 2.45) is 4.99 Å². The summed E-state index contributed by atoms with van der Waals surface area (Å²) in [6.07, 6.45) is 0. The van der Waals surface area contributed by atoms with Crippen molar-refractivity contribution >= 4 is 35.8 Å². The number of carbonyl (C=O) groups is 1. The average Bonchev–Trinajstić information content (AvgIpc) is 2.58. The number of amides is 1. The number of nitrogens with one attached hydrogen (secondary N) is 3. The molecule has 0 saturated carbocycles. The molecule has 0 saturated heterocycles. The highest BCUT2D eigenvalue weighted by molar-refractivity contribution is 14.0. The van der Waals surface area contributed by atoms with E-state index >= 15 is 0 Å². The highest BCUT2D eigenvalue weighted by Crippen LogP contribution is 2.11. The Balaban J connectivity index is 0.00000529. The molecule has 1 aromatic carbocycles. The van der Waals surface area contributed by atoms with Crippen molar-refractivity contribution in [3.05, 3.63) is 29.8 Å². The third-order valence-electron chi connectivity index (χ3n) is 2.97. The van der Waals surface area contributed by atoms with E-state index < -0.39 is 0 Å². The van der Waals surface area contributed by atoms with Gasteiger partial charge in [-0.1, -0.05) is 12.1 Å². The molecule has 1 amide bonds. The van der Waals surface area contributed by atoms with Crippen molar-refractivity contribution < 1.29 is 14.3 Å². The van der Waals surface area contributed by atoms with Crippen LogP contribution in [0, 0.1) is 0 Å². The lowest BCUT2D eigenvalue weighted by atomic mass is 10.2. The maximum absolute atomic E-state index is 11.6. The van der Waals surface area contributed by atoms with Crippen LogP contribution in [0.3, 0.4) is 0 Å². The fourth-order valence-electron chi connectivity index (χ4n) is 1.76. The summed E-state index contributed by atoms with van der Waals surface area (Å²) in [4.78, 5) is 16.1. The van der Waals surface area contributed by atoms with Crippen LogP contribution in [0.1, 0.15) is 12.5 Å². The van der Waals surface area contributed by atoms with E-state index in [9.17, 15) is 4.79 Å². The lowest BCUT2D eigenvalue weighted by Crippen LogP contribution is -2.43. The maximum Gasteiger partial charge on any atom is 0.239 e. The molecule has 24 heavy (non-hydrogen) atoms. The predicted molar refractivity (Wildman–Crippen MR) is 106 cm³/mol. The molecule has 3 N–H and O–H groups in total. The van der Waals surface area contributed by atoms with Crippen molar-refractivity contribution in [2.75, 3.05) is 40.5 Å². The summed E-state index contributed by atoms with van der Waals surface area (Å²) in [7, 11) is 3.23. The topological polar surface area (TPSA) is 84.0 Å². The van der Waals surface area contributed by atoms with Crippen LogP contribution in [0.5, 0.6) is 5.75 Å². The molecular formula is C16H27IN4O3. The van der Waals surface area contributed by atoms with Gasteiger partial charge in [0.15, 0.2) is 5.96 Å². The maximum atomic E-state index is 11.6. The normalized spacial score (nSPS) is 10.5. The summed E-state index contributed by atoms with van der Waals surface area (Å²) in [6.45, 7) is 4.37. The van der Waals surface area contributed by atoms with E-state index in [-0.39, 0.29) is 36.4 Å². The van der Waals surface area contributed by atoms with Gasteiger partial charge in [-0.15, -0.1) is 24.0 Å². The summed E-state index contributed by atoms with van der Waals surface area (Å²) in [6, 6.07) is 7.72. The number of methoxy groups -OCH3 is 2. The number of ether oxygens (including phenoxy) is 2. The highest BCUT2D eigenvalue weighted by Gasteiger charge is 2.03. The molecule has 0 unspecified atom stereocenters. The molecule has 0 aliphatic heterocycles. The fraction of sp³-hybridized carbons (Fsp3) is 0.500. The molecule has 8 heteroatoms. The second-order valence-corrected chi connectivity index (χ2v) is 4.74. The Hall–Kier alpha value is -1.55. The first kappa shape index (κ1) is 22.4. The average molecular weight is 450 g/mol. The number of guanidine groups is 1. The summed E-state index contributed by atoms with van der Waals surface area (Å²) in [5.41, 5.74) is 1.06. The molecule has 136 valence electrons. The van der Waals surface area contributed by atoms with Gasteiger partial charge in [-0.2, -0.15) is 0 Å². The number of benzene rings is 1. The molecule has 0 bridgehead atoms. The van der Waals surface area contributed by atoms with Crippen molar-refractivity contribution in [1.29, 1.82) is 0 Å². The standard InChI is InChI=1S/C16H26N4O3.HI/c1-4-17-16(20-12-15(21)18-9-10-22-2)19-11-13-5-7-14(23-3)8-6-13;/h5-8H,4,9-12H2,1-3H3,(H,18,21)(H2,17,19,20);1H. The minimum absolute atomic E-state index is 0. The first-order valence-corrected chi connectivity index (χ1v) is 7.60. The number of aliphatic imine (C=N–C) groups is 1. The molecule has 0 spiro atoms. The van der Waals surface area contributed by atoms with E-state index in [1.165, 1.54) is 0 Å². The second kappa shape index (κ2) is 13.8. The van der Waals surface area contributed by atoms with Crippen LogP contribution >= 0.6 is 24.0 Å². The number of nitrogens with zero attached hydrogens (tertiary/aromatic N) is 1. The smallest absolute Gasteiger partial charge is 0.239 e. The van der Waals surface area contributed by atoms with E-state index in [4.69, 9.17) is 9.47 Å². The number of hydrogen-bond acceptors (Lipinski definition) is 4. The molecule has 0 fully saturated rings. The Bertz CT molecular complexity index is 495. The minimum Gasteiger partial charge on any atom is -0.497 e. The molecular weight excluding hydrogens is 423 g/mol. The van der Waals surface area contributed by atoms with Gasteiger partial charge in [-0.05, 0) is 24.6 Å². The Labute approximate surface area is 160 Å². The highest BCUT2D eigenvalue weighted by atomic mass is 127. The molecule has 0 atom stereocenters. The molecule has 1 rings (SSSR count). The minimum atomic E-state index is -0.0999. The van der Waals surface area contributed by atoms with Crippen LogP contribution in [0.25, 0.3) is 0 Å². The zero-order valence-electron chi connectivity index (χ0n) is 14.4. The van der Waals surface area contributed by atoms with E-state index in [0.717, 1.165) is 17.9 Å². The SMILES string of the molecule is CCNC(=NCc1ccc(OC)cc1)NCC(=O)NCCOC.I. The lowest BCUT2D eigenvalue weighted by molar-refractivity contribution is -0.120. The van der Waals surface area contributed by atoms with Gasteiger partial charge in [0.1, 0.15) is 5.75 Å². The Kier molecular flexibility index (Phi) is 13.0. The van der Waals surface area contributed by atoms with Gasteiger partial charge in [-0.25, -0.2) is 4.99 Å². The summed E-state index contributed by atoms with van der Waals surface area (Å²) >= 11 is 0. The number of rotatable bonds is 9. The van der Waals surface area contributed by atoms with Gasteiger partial charge in [-0.3, -0.25) is 4.79 Å². The lowest BCUT2D eigenvalue weighted by Gasteiger charge is -2.11. The van der Waals surface area contributed by atoms with Crippen molar-refractivity contribution in [3.63, 3.8) is 0 Å². The zero-order chi connectivity index (χ0) is 16.9. The Morgan fingerprint density at radius 3 is 2.42 bits per heavy atom. The van der Waals surface area contributed by atoms with Gasteiger partial charge in [0.25, 0.3) is 0 Å². The van der Waals surface area contributed by atoms with Crippen molar-refractivity contribution in [3.8, 4) is 5.75 Å². The van der Waals surface area contributed by atoms with Gasteiger partial charge >= 0.3 is 0 Å². The van der Waals surface area contributed by atoms with Gasteiger partial charge in [0.2, 0.25) is 5.91 Å². The Morgan fingerprint density at radius 2 is 1.83 bits per heavy atom. The van der Waals surface area contributed by atoms with Crippen molar-refractivity contribution in [2.45, 2.75) is 13.5 Å². The molecule has 0 radical (unpaired) electrons. The third kappa shape index (κ3) is 9.56. The van der Waals surface area contributed by atoms with Crippen LogP contribution in [0.15, 0.2) is 29.3 Å². The van der Waals surface area contributed by atoms with Gasteiger partial charge < -0.3 is 25.4 Å². The first-order valence-electron chi connectivity index (χ1n) is 7.60. The fourth-order valence-corrected chi connectivity index (χ4v) is 1.76. The molecule has 0 aliphatic rings. The van der Waals surface area contributed by atoms with Crippen LogP contribution in [-0.4, -0.2) is 52.3 Å². The van der Waals surface area contributed by atoms with Crippen LogP contribution < -0.4 is 20.7 Å². The van der Waals surface area contributed by atoms with Gasteiger partial charge in [0.05, 0.1) is 26.8 Å². The van der Waals surface area contributed by atoms with Crippen LogP contribution in [0.2, 0.25) is 0 Å². The monoisotopic (exact) mass is 450 g/mol. The molecule has 1 aromatic rings. The summed E-state index contributed by atoms with van der Waals surface area (Å²) in [5, 5.41) is 8.85. The third-order valence-corrected chi connectivity index (χ3v) is 2.97. The summed E-state index contributed by atoms with van der Waals surface area (Å²) in [5.74, 6) is 1.32. The van der Waals surface area contributed by atoms with E-state index in [1.807, 2.05) is 31.2 Å². The van der Waals surface area contributed by atoms with E-state index in [1.54, 1.807) is 14.2 Å². The predicted octanol–water partition coefficient (Wildman–Crippen LogP) is 1.13. The molecule has 0 aromatic heterocycles. The molecule has 7 nitrogen and oxygen atoms in total. The van der Waals surface area contributed by atoms with E-state index in [0.29, 0.717) is 25.7 Å². The second-order valence-electron chi connectivity index (χ2n) is 4.74. The summed E-state index contributed by atoms with van der Waals surface area (Å²) < 4.78 is 10.0. The number of halogens is 1. The van der Waals surface area contributed by atoms with Gasteiger partial charge in [0, 0.05) is 20.2 Å². The van der Waals surface area contributed by atoms with E-state index in [2.05, 4.69) is 20.9 Å². The first-order chi connectivity index (χ1) is 11.2.